The molecule has 1 unspecified atom stereocenters. The molecule has 1 fully saturated rings. The van der Waals surface area contributed by atoms with Crippen LogP contribution in [0.5, 0.6) is 0 Å². The molecule has 0 N–H and O–H groups in total. The Bertz CT molecular complexity index is 826. The van der Waals surface area contributed by atoms with Crippen LogP contribution in [0.25, 0.3) is 11.4 Å². The first-order chi connectivity index (χ1) is 12.8. The first kappa shape index (κ1) is 17.0. The summed E-state index contributed by atoms with van der Waals surface area (Å²) in [6.45, 7) is 6.44. The number of aryl methyl sites for hydroxylation is 1. The third-order valence-corrected chi connectivity index (χ3v) is 5.24. The summed E-state index contributed by atoms with van der Waals surface area (Å²) >= 11 is 0. The summed E-state index contributed by atoms with van der Waals surface area (Å²) in [5.74, 6) is 1.74. The number of benzene rings is 1. The fourth-order valence-electron chi connectivity index (χ4n) is 3.93. The van der Waals surface area contributed by atoms with Crippen LogP contribution in [0.4, 0.5) is 0 Å². The molecule has 0 radical (unpaired) electrons. The van der Waals surface area contributed by atoms with Crippen LogP contribution in [0.1, 0.15) is 24.2 Å². The molecule has 4 rings (SSSR count). The SMILES string of the molecule is Cc1cnc(-c2ccccc2)n1CC1CCCN(Cc2ccccn2)C1. The minimum absolute atomic E-state index is 0.655. The second kappa shape index (κ2) is 7.83. The highest BCUT2D eigenvalue weighted by atomic mass is 15.2. The number of hydrogen-bond donors (Lipinski definition) is 0. The average Bonchev–Trinajstić information content (AvgIpc) is 3.04. The maximum absolute atomic E-state index is 4.68. The molecule has 0 spiro atoms. The van der Waals surface area contributed by atoms with E-state index < -0.39 is 0 Å². The van der Waals surface area contributed by atoms with E-state index in [9.17, 15) is 0 Å². The van der Waals surface area contributed by atoms with E-state index in [0.717, 1.165) is 31.2 Å². The lowest BCUT2D eigenvalue weighted by Gasteiger charge is -2.33. The lowest BCUT2D eigenvalue weighted by Crippen LogP contribution is -2.37. The highest BCUT2D eigenvalue weighted by Crippen LogP contribution is 2.25. The summed E-state index contributed by atoms with van der Waals surface area (Å²) in [7, 11) is 0. The standard InChI is InChI=1S/C22H26N4/c1-18-14-24-22(20-9-3-2-4-10-20)26(18)16-19-8-7-13-25(15-19)17-21-11-5-6-12-23-21/h2-6,9-12,14,19H,7-8,13,15-17H2,1H3. The number of aromatic nitrogens is 3. The van der Waals surface area contributed by atoms with Gasteiger partial charge in [-0.05, 0) is 44.4 Å². The molecular weight excluding hydrogens is 320 g/mol. The van der Waals surface area contributed by atoms with E-state index >= 15 is 0 Å². The van der Waals surface area contributed by atoms with E-state index in [1.807, 2.05) is 18.5 Å². The van der Waals surface area contributed by atoms with E-state index in [-0.39, 0.29) is 0 Å². The van der Waals surface area contributed by atoms with Crippen LogP contribution in [0, 0.1) is 12.8 Å². The van der Waals surface area contributed by atoms with Crippen molar-refractivity contribution in [3.8, 4) is 11.4 Å². The molecule has 3 aromatic rings. The van der Waals surface area contributed by atoms with Gasteiger partial charge in [-0.3, -0.25) is 9.88 Å². The number of hydrogen-bond acceptors (Lipinski definition) is 3. The Balaban J connectivity index is 1.47. The zero-order valence-corrected chi connectivity index (χ0v) is 15.4. The molecule has 0 amide bonds. The number of rotatable bonds is 5. The van der Waals surface area contributed by atoms with Gasteiger partial charge in [0.15, 0.2) is 0 Å². The molecule has 4 heteroatoms. The van der Waals surface area contributed by atoms with Crippen LogP contribution in [-0.2, 0) is 13.1 Å². The largest absolute Gasteiger partial charge is 0.328 e. The summed E-state index contributed by atoms with van der Waals surface area (Å²) in [5, 5.41) is 0. The van der Waals surface area contributed by atoms with Crippen molar-refractivity contribution in [3.05, 3.63) is 72.3 Å². The fourth-order valence-corrected chi connectivity index (χ4v) is 3.93. The summed E-state index contributed by atoms with van der Waals surface area (Å²) < 4.78 is 2.39. The zero-order chi connectivity index (χ0) is 17.8. The molecule has 1 aliphatic heterocycles. The predicted molar refractivity (Wildman–Crippen MR) is 105 cm³/mol. The number of likely N-dealkylation sites (tertiary alicyclic amines) is 1. The van der Waals surface area contributed by atoms with Gasteiger partial charge in [-0.2, -0.15) is 0 Å². The van der Waals surface area contributed by atoms with Crippen LogP contribution in [0.2, 0.25) is 0 Å². The van der Waals surface area contributed by atoms with E-state index in [1.165, 1.54) is 30.6 Å². The van der Waals surface area contributed by atoms with Crippen molar-refractivity contribution in [2.24, 2.45) is 5.92 Å². The molecular formula is C22H26N4. The van der Waals surface area contributed by atoms with Gasteiger partial charge in [0.1, 0.15) is 5.82 Å². The van der Waals surface area contributed by atoms with Crippen molar-refractivity contribution >= 4 is 0 Å². The van der Waals surface area contributed by atoms with Crippen LogP contribution in [0.15, 0.2) is 60.9 Å². The molecule has 0 bridgehead atoms. The third-order valence-electron chi connectivity index (χ3n) is 5.24. The minimum Gasteiger partial charge on any atom is -0.328 e. The molecule has 1 saturated heterocycles. The molecule has 4 nitrogen and oxygen atoms in total. The zero-order valence-electron chi connectivity index (χ0n) is 15.4. The number of piperidine rings is 1. The Labute approximate surface area is 155 Å². The number of nitrogens with zero attached hydrogens (tertiary/aromatic N) is 4. The summed E-state index contributed by atoms with van der Waals surface area (Å²) in [6, 6.07) is 16.7. The van der Waals surface area contributed by atoms with Gasteiger partial charge in [0.2, 0.25) is 0 Å². The lowest BCUT2D eigenvalue weighted by molar-refractivity contribution is 0.154. The van der Waals surface area contributed by atoms with Crippen molar-refractivity contribution in [2.75, 3.05) is 13.1 Å². The Hall–Kier alpha value is -2.46. The molecule has 0 saturated carbocycles. The van der Waals surface area contributed by atoms with Crippen LogP contribution < -0.4 is 0 Å². The third kappa shape index (κ3) is 3.86. The maximum Gasteiger partial charge on any atom is 0.140 e. The Morgan fingerprint density at radius 3 is 2.69 bits per heavy atom. The normalized spacial score (nSPS) is 18.1. The van der Waals surface area contributed by atoms with Crippen LogP contribution in [0.3, 0.4) is 0 Å². The smallest absolute Gasteiger partial charge is 0.140 e. The van der Waals surface area contributed by atoms with Gasteiger partial charge in [0, 0.05) is 43.3 Å². The van der Waals surface area contributed by atoms with Gasteiger partial charge in [0.25, 0.3) is 0 Å². The first-order valence-electron chi connectivity index (χ1n) is 9.49. The number of pyridine rings is 1. The second-order valence-electron chi connectivity index (χ2n) is 7.26. The Morgan fingerprint density at radius 1 is 1.04 bits per heavy atom. The molecule has 1 aliphatic rings. The van der Waals surface area contributed by atoms with Crippen molar-refractivity contribution in [2.45, 2.75) is 32.9 Å². The lowest BCUT2D eigenvalue weighted by atomic mass is 9.97. The molecule has 26 heavy (non-hydrogen) atoms. The van der Waals surface area contributed by atoms with Crippen molar-refractivity contribution in [1.82, 2.24) is 19.4 Å². The van der Waals surface area contributed by atoms with Gasteiger partial charge in [-0.25, -0.2) is 4.98 Å². The fraction of sp³-hybridized carbons (Fsp3) is 0.364. The van der Waals surface area contributed by atoms with Gasteiger partial charge >= 0.3 is 0 Å². The molecule has 1 aromatic carbocycles. The summed E-state index contributed by atoms with van der Waals surface area (Å²) in [6.07, 6.45) is 6.42. The summed E-state index contributed by atoms with van der Waals surface area (Å²) in [4.78, 5) is 11.7. The highest BCUT2D eigenvalue weighted by Gasteiger charge is 2.22. The van der Waals surface area contributed by atoms with Crippen molar-refractivity contribution < 1.29 is 0 Å². The molecule has 134 valence electrons. The second-order valence-corrected chi connectivity index (χ2v) is 7.26. The monoisotopic (exact) mass is 346 g/mol. The van der Waals surface area contributed by atoms with Crippen LogP contribution in [-0.4, -0.2) is 32.5 Å². The van der Waals surface area contributed by atoms with Gasteiger partial charge in [-0.1, -0.05) is 36.4 Å². The van der Waals surface area contributed by atoms with Gasteiger partial charge < -0.3 is 4.57 Å². The summed E-state index contributed by atoms with van der Waals surface area (Å²) in [5.41, 5.74) is 3.60. The van der Waals surface area contributed by atoms with E-state index in [1.54, 1.807) is 0 Å². The molecule has 0 aliphatic carbocycles. The van der Waals surface area contributed by atoms with E-state index in [0.29, 0.717) is 5.92 Å². The average molecular weight is 346 g/mol. The number of imidazole rings is 1. The van der Waals surface area contributed by atoms with Gasteiger partial charge in [-0.15, -0.1) is 0 Å². The van der Waals surface area contributed by atoms with E-state index in [2.05, 4.69) is 68.8 Å². The molecule has 3 heterocycles. The Kier molecular flexibility index (Phi) is 5.12. The van der Waals surface area contributed by atoms with E-state index in [4.69, 9.17) is 0 Å². The Morgan fingerprint density at radius 2 is 1.88 bits per heavy atom. The quantitative estimate of drug-likeness (QED) is 0.695. The first-order valence-corrected chi connectivity index (χ1v) is 9.49. The van der Waals surface area contributed by atoms with Crippen LogP contribution >= 0.6 is 0 Å². The minimum atomic E-state index is 0.655. The maximum atomic E-state index is 4.68. The van der Waals surface area contributed by atoms with Gasteiger partial charge in [0.05, 0.1) is 5.69 Å². The molecule has 1 atom stereocenters. The van der Waals surface area contributed by atoms with Crippen molar-refractivity contribution in [3.63, 3.8) is 0 Å². The molecule has 2 aromatic heterocycles. The highest BCUT2D eigenvalue weighted by molar-refractivity contribution is 5.55. The predicted octanol–water partition coefficient (Wildman–Crippen LogP) is 4.17. The topological polar surface area (TPSA) is 34.0 Å². The van der Waals surface area contributed by atoms with Crippen molar-refractivity contribution in [1.29, 1.82) is 0 Å².